The summed E-state index contributed by atoms with van der Waals surface area (Å²) in [5.41, 5.74) is 0.706. The third kappa shape index (κ3) is 3.94. The summed E-state index contributed by atoms with van der Waals surface area (Å²) in [6.07, 6.45) is 2.37. The Morgan fingerprint density at radius 3 is 2.73 bits per heavy atom. The third-order valence-corrected chi connectivity index (χ3v) is 5.74. The van der Waals surface area contributed by atoms with E-state index in [1.54, 1.807) is 25.2 Å². The Hall–Kier alpha value is -2.26. The van der Waals surface area contributed by atoms with E-state index in [1.165, 1.54) is 22.4 Å². The smallest absolute Gasteiger partial charge is 0.312 e. The number of nitro groups is 1. The molecule has 0 spiro atoms. The van der Waals surface area contributed by atoms with Crippen LogP contribution >= 0.6 is 11.3 Å². The van der Waals surface area contributed by atoms with Gasteiger partial charge >= 0.3 is 5.69 Å². The molecule has 1 amide bonds. The van der Waals surface area contributed by atoms with Gasteiger partial charge in [-0.05, 0) is 51.2 Å². The molecule has 1 atom stereocenters. The van der Waals surface area contributed by atoms with Crippen molar-refractivity contribution < 1.29 is 9.72 Å². The SMILES string of the molecule is Cc1nn(CC(=O)NCC(c2cccs2)N2CCCC2)c(C)c1[N+](=O)[O-]. The fourth-order valence-corrected chi connectivity index (χ4v) is 4.31. The molecule has 8 nitrogen and oxygen atoms in total. The number of carbonyl (C=O) groups excluding carboxylic acids is 1. The number of nitrogens with zero attached hydrogens (tertiary/aromatic N) is 4. The highest BCUT2D eigenvalue weighted by Gasteiger charge is 2.26. The van der Waals surface area contributed by atoms with Crippen LogP contribution in [0.25, 0.3) is 0 Å². The largest absolute Gasteiger partial charge is 0.353 e. The van der Waals surface area contributed by atoms with Gasteiger partial charge in [0.15, 0.2) is 0 Å². The van der Waals surface area contributed by atoms with E-state index in [4.69, 9.17) is 0 Å². The molecular weight excluding hydrogens is 354 g/mol. The van der Waals surface area contributed by atoms with Crippen LogP contribution in [0.15, 0.2) is 17.5 Å². The zero-order valence-electron chi connectivity index (χ0n) is 15.0. The normalized spacial score (nSPS) is 15.9. The van der Waals surface area contributed by atoms with Crippen LogP contribution in [0.4, 0.5) is 5.69 Å². The van der Waals surface area contributed by atoms with E-state index < -0.39 is 4.92 Å². The minimum atomic E-state index is -0.452. The number of aryl methyl sites for hydroxylation is 1. The number of aromatic nitrogens is 2. The van der Waals surface area contributed by atoms with E-state index >= 15 is 0 Å². The van der Waals surface area contributed by atoms with Crippen molar-refractivity contribution in [3.05, 3.63) is 43.9 Å². The second-order valence-electron chi connectivity index (χ2n) is 6.51. The lowest BCUT2D eigenvalue weighted by atomic mass is 10.2. The van der Waals surface area contributed by atoms with Crippen LogP contribution < -0.4 is 5.32 Å². The fraction of sp³-hybridized carbons (Fsp3) is 0.529. The molecule has 0 aromatic carbocycles. The number of rotatable bonds is 7. The molecule has 26 heavy (non-hydrogen) atoms. The van der Waals surface area contributed by atoms with Crippen LogP contribution in [-0.4, -0.2) is 45.1 Å². The van der Waals surface area contributed by atoms with Crippen molar-refractivity contribution in [2.75, 3.05) is 19.6 Å². The van der Waals surface area contributed by atoms with Gasteiger partial charge < -0.3 is 5.32 Å². The number of hydrogen-bond donors (Lipinski definition) is 1. The predicted molar refractivity (Wildman–Crippen MR) is 99.2 cm³/mol. The van der Waals surface area contributed by atoms with Crippen molar-refractivity contribution in [3.8, 4) is 0 Å². The van der Waals surface area contributed by atoms with Crippen molar-refractivity contribution in [2.45, 2.75) is 39.3 Å². The summed E-state index contributed by atoms with van der Waals surface area (Å²) in [5.74, 6) is -0.189. The second kappa shape index (κ2) is 7.96. The van der Waals surface area contributed by atoms with Gasteiger partial charge in [0, 0.05) is 11.4 Å². The predicted octanol–water partition coefficient (Wildman–Crippen LogP) is 2.42. The Morgan fingerprint density at radius 1 is 1.42 bits per heavy atom. The van der Waals surface area contributed by atoms with Crippen LogP contribution in [-0.2, 0) is 11.3 Å². The molecule has 2 aromatic heterocycles. The Labute approximate surface area is 156 Å². The molecule has 0 bridgehead atoms. The zero-order valence-corrected chi connectivity index (χ0v) is 15.8. The number of thiophene rings is 1. The number of amides is 1. The highest BCUT2D eigenvalue weighted by Crippen LogP contribution is 2.28. The summed E-state index contributed by atoms with van der Waals surface area (Å²) >= 11 is 1.70. The Morgan fingerprint density at radius 2 is 2.15 bits per heavy atom. The molecule has 1 N–H and O–H groups in total. The first kappa shape index (κ1) is 18.5. The fourth-order valence-electron chi connectivity index (χ4n) is 3.45. The first-order valence-electron chi connectivity index (χ1n) is 8.70. The van der Waals surface area contributed by atoms with Gasteiger partial charge in [0.25, 0.3) is 0 Å². The summed E-state index contributed by atoms with van der Waals surface area (Å²) in [5, 5.41) is 20.2. The van der Waals surface area contributed by atoms with Crippen molar-refractivity contribution in [2.24, 2.45) is 0 Å². The molecule has 0 radical (unpaired) electrons. The lowest BCUT2D eigenvalue weighted by Gasteiger charge is -2.26. The van der Waals surface area contributed by atoms with Gasteiger partial charge in [-0.3, -0.25) is 24.5 Å². The van der Waals surface area contributed by atoms with E-state index in [2.05, 4.69) is 26.8 Å². The first-order chi connectivity index (χ1) is 12.5. The maximum Gasteiger partial charge on any atom is 0.312 e. The van der Waals surface area contributed by atoms with E-state index in [9.17, 15) is 14.9 Å². The summed E-state index contributed by atoms with van der Waals surface area (Å²) in [7, 11) is 0. The van der Waals surface area contributed by atoms with E-state index in [-0.39, 0.29) is 24.2 Å². The average Bonchev–Trinajstić information content (AvgIpc) is 3.31. The zero-order chi connectivity index (χ0) is 18.7. The Balaban J connectivity index is 1.64. The highest BCUT2D eigenvalue weighted by atomic mass is 32.1. The Bertz CT molecular complexity index is 781. The minimum Gasteiger partial charge on any atom is -0.353 e. The molecule has 3 heterocycles. The van der Waals surface area contributed by atoms with E-state index in [0.29, 0.717) is 17.9 Å². The van der Waals surface area contributed by atoms with Gasteiger partial charge in [-0.2, -0.15) is 5.10 Å². The lowest BCUT2D eigenvalue weighted by molar-refractivity contribution is -0.386. The van der Waals surface area contributed by atoms with Gasteiger partial charge in [0.1, 0.15) is 17.9 Å². The molecule has 1 fully saturated rings. The topological polar surface area (TPSA) is 93.3 Å². The summed E-state index contributed by atoms with van der Waals surface area (Å²) in [4.78, 5) is 26.7. The molecule has 140 valence electrons. The molecule has 1 aliphatic rings. The van der Waals surface area contributed by atoms with Gasteiger partial charge in [0.05, 0.1) is 11.0 Å². The van der Waals surface area contributed by atoms with Crippen LogP contribution in [0, 0.1) is 24.0 Å². The standard InChI is InChI=1S/C17H23N5O3S/c1-12-17(22(24)25)13(2)21(19-12)11-16(23)18-10-14(15-6-5-9-26-15)20-7-3-4-8-20/h5-6,9,14H,3-4,7-8,10-11H2,1-2H3,(H,18,23). The number of likely N-dealkylation sites (tertiary alicyclic amines) is 1. The van der Waals surface area contributed by atoms with Crippen LogP contribution in [0.3, 0.4) is 0 Å². The average molecular weight is 377 g/mol. The lowest BCUT2D eigenvalue weighted by Crippen LogP contribution is -2.38. The molecule has 1 unspecified atom stereocenters. The number of carbonyl (C=O) groups is 1. The van der Waals surface area contributed by atoms with Crippen LogP contribution in [0.5, 0.6) is 0 Å². The molecule has 0 aliphatic carbocycles. The van der Waals surface area contributed by atoms with Gasteiger partial charge in [-0.25, -0.2) is 0 Å². The number of nitrogens with one attached hydrogen (secondary N) is 1. The molecule has 1 aliphatic heterocycles. The maximum atomic E-state index is 12.4. The molecule has 3 rings (SSSR count). The Kier molecular flexibility index (Phi) is 5.67. The van der Waals surface area contributed by atoms with Crippen molar-refractivity contribution in [1.29, 1.82) is 0 Å². The van der Waals surface area contributed by atoms with Gasteiger partial charge in [0.2, 0.25) is 5.91 Å². The van der Waals surface area contributed by atoms with Crippen molar-refractivity contribution in [1.82, 2.24) is 20.0 Å². The molecular formula is C17H23N5O3S. The van der Waals surface area contributed by atoms with Crippen molar-refractivity contribution >= 4 is 22.9 Å². The monoisotopic (exact) mass is 377 g/mol. The molecule has 0 saturated carbocycles. The van der Waals surface area contributed by atoms with Crippen molar-refractivity contribution in [3.63, 3.8) is 0 Å². The highest BCUT2D eigenvalue weighted by molar-refractivity contribution is 7.10. The van der Waals surface area contributed by atoms with Gasteiger partial charge in [-0.1, -0.05) is 6.07 Å². The number of hydrogen-bond acceptors (Lipinski definition) is 6. The molecule has 9 heteroatoms. The van der Waals surface area contributed by atoms with Crippen LogP contribution in [0.1, 0.15) is 35.1 Å². The van der Waals surface area contributed by atoms with Crippen LogP contribution in [0.2, 0.25) is 0 Å². The van der Waals surface area contributed by atoms with Gasteiger partial charge in [-0.15, -0.1) is 11.3 Å². The maximum absolute atomic E-state index is 12.4. The quantitative estimate of drug-likeness (QED) is 0.591. The summed E-state index contributed by atoms with van der Waals surface area (Å²) in [6.45, 7) is 5.80. The minimum absolute atomic E-state index is 0.0162. The third-order valence-electron chi connectivity index (χ3n) is 4.76. The summed E-state index contributed by atoms with van der Waals surface area (Å²) in [6, 6.07) is 4.31. The molecule has 1 saturated heterocycles. The van der Waals surface area contributed by atoms with E-state index in [0.717, 1.165) is 13.1 Å². The molecule has 2 aromatic rings. The second-order valence-corrected chi connectivity index (χ2v) is 7.49. The first-order valence-corrected chi connectivity index (χ1v) is 9.58. The summed E-state index contributed by atoms with van der Waals surface area (Å²) < 4.78 is 1.40. The van der Waals surface area contributed by atoms with E-state index in [1.807, 2.05) is 6.07 Å².